The maximum Gasteiger partial charge on any atom is 0.339 e. The number of para-hydroxylation sites is 1. The van der Waals surface area contributed by atoms with Crippen LogP contribution in [0.2, 0.25) is 0 Å². The van der Waals surface area contributed by atoms with E-state index in [0.717, 1.165) is 10.5 Å². The predicted molar refractivity (Wildman–Crippen MR) is 149 cm³/mol. The van der Waals surface area contributed by atoms with E-state index in [4.69, 9.17) is 9.47 Å². The topological polar surface area (TPSA) is 93.7 Å². The molecule has 0 saturated heterocycles. The van der Waals surface area contributed by atoms with Crippen molar-refractivity contribution < 1.29 is 23.9 Å². The van der Waals surface area contributed by atoms with Crippen molar-refractivity contribution in [3.8, 4) is 5.75 Å². The molecule has 0 aliphatic heterocycles. The molecule has 4 aromatic rings. The summed E-state index contributed by atoms with van der Waals surface area (Å²) in [5.74, 6) is -0.469. The van der Waals surface area contributed by atoms with E-state index in [1.807, 2.05) is 42.5 Å². The molecule has 38 heavy (non-hydrogen) atoms. The first-order valence-electron chi connectivity index (χ1n) is 11.7. The van der Waals surface area contributed by atoms with Gasteiger partial charge in [-0.1, -0.05) is 48.5 Å². The van der Waals surface area contributed by atoms with Gasteiger partial charge in [0, 0.05) is 16.1 Å². The van der Waals surface area contributed by atoms with E-state index in [2.05, 4.69) is 10.6 Å². The van der Waals surface area contributed by atoms with Crippen LogP contribution in [0.5, 0.6) is 5.75 Å². The zero-order chi connectivity index (χ0) is 26.9. The minimum atomic E-state index is -0.598. The molecule has 0 aliphatic carbocycles. The summed E-state index contributed by atoms with van der Waals surface area (Å²) in [6.45, 7) is 0. The molecule has 0 radical (unpaired) electrons. The van der Waals surface area contributed by atoms with Gasteiger partial charge in [-0.05, 0) is 60.2 Å². The zero-order valence-corrected chi connectivity index (χ0v) is 21.7. The highest BCUT2D eigenvalue weighted by Crippen LogP contribution is 2.37. The largest absolute Gasteiger partial charge is 0.497 e. The Balaban J connectivity index is 1.51. The number of carbonyl (C=O) groups excluding carboxylic acids is 3. The standard InChI is InChI=1S/C30H26N2O5S/c1-36-23-12-8-11-21(19-23)28(33)31-22-15-17-24(18-16-22)38-27(20-9-4-3-5-10-20)29(34)32-26-14-7-6-13-25(26)30(35)37-2/h3-19,27H,1-2H3,(H,31,33)(H,32,34). The lowest BCUT2D eigenvalue weighted by Crippen LogP contribution is -2.20. The lowest BCUT2D eigenvalue weighted by Gasteiger charge is -2.18. The molecule has 0 fully saturated rings. The van der Waals surface area contributed by atoms with Crippen molar-refractivity contribution in [3.63, 3.8) is 0 Å². The number of carbonyl (C=O) groups is 3. The average Bonchev–Trinajstić information content (AvgIpc) is 2.97. The Morgan fingerprint density at radius 2 is 1.47 bits per heavy atom. The minimum absolute atomic E-state index is 0.255. The molecule has 2 amide bonds. The molecule has 0 bridgehead atoms. The van der Waals surface area contributed by atoms with E-state index in [-0.39, 0.29) is 17.4 Å². The van der Waals surface area contributed by atoms with Crippen LogP contribution >= 0.6 is 11.8 Å². The van der Waals surface area contributed by atoms with Gasteiger partial charge in [0.1, 0.15) is 11.0 Å². The third kappa shape index (κ3) is 6.60. The number of methoxy groups -OCH3 is 2. The highest BCUT2D eigenvalue weighted by molar-refractivity contribution is 8.00. The number of esters is 1. The van der Waals surface area contributed by atoms with Crippen LogP contribution in [0.4, 0.5) is 11.4 Å². The van der Waals surface area contributed by atoms with Gasteiger partial charge < -0.3 is 20.1 Å². The molecule has 1 unspecified atom stereocenters. The summed E-state index contributed by atoms with van der Waals surface area (Å²) >= 11 is 1.36. The quantitative estimate of drug-likeness (QED) is 0.199. The van der Waals surface area contributed by atoms with E-state index < -0.39 is 11.2 Å². The molecule has 0 spiro atoms. The third-order valence-corrected chi connectivity index (χ3v) is 6.90. The summed E-state index contributed by atoms with van der Waals surface area (Å²) in [7, 11) is 2.85. The highest BCUT2D eigenvalue weighted by Gasteiger charge is 2.24. The van der Waals surface area contributed by atoms with Gasteiger partial charge in [0.2, 0.25) is 5.91 Å². The van der Waals surface area contributed by atoms with Gasteiger partial charge >= 0.3 is 5.97 Å². The van der Waals surface area contributed by atoms with Gasteiger partial charge in [-0.2, -0.15) is 0 Å². The first-order valence-corrected chi connectivity index (χ1v) is 12.6. The number of amides is 2. The fourth-order valence-electron chi connectivity index (χ4n) is 3.70. The smallest absolute Gasteiger partial charge is 0.339 e. The molecule has 1 atom stereocenters. The fraction of sp³-hybridized carbons (Fsp3) is 0.100. The Labute approximate surface area is 225 Å². The summed E-state index contributed by atoms with van der Waals surface area (Å²) in [4.78, 5) is 39.1. The van der Waals surface area contributed by atoms with Crippen LogP contribution in [0, 0.1) is 0 Å². The van der Waals surface area contributed by atoms with Gasteiger partial charge in [-0.15, -0.1) is 11.8 Å². The molecule has 0 heterocycles. The number of hydrogen-bond donors (Lipinski definition) is 2. The van der Waals surface area contributed by atoms with Crippen LogP contribution < -0.4 is 15.4 Å². The maximum atomic E-state index is 13.5. The molecule has 0 aliphatic rings. The molecule has 8 heteroatoms. The average molecular weight is 527 g/mol. The van der Waals surface area contributed by atoms with E-state index >= 15 is 0 Å². The normalized spacial score (nSPS) is 11.2. The number of hydrogen-bond acceptors (Lipinski definition) is 6. The van der Waals surface area contributed by atoms with Crippen molar-refractivity contribution in [2.45, 2.75) is 10.1 Å². The Morgan fingerprint density at radius 1 is 0.763 bits per heavy atom. The van der Waals surface area contributed by atoms with Crippen molar-refractivity contribution in [1.29, 1.82) is 0 Å². The van der Waals surface area contributed by atoms with Gasteiger partial charge in [0.05, 0.1) is 25.5 Å². The molecule has 4 rings (SSSR count). The molecule has 4 aromatic carbocycles. The van der Waals surface area contributed by atoms with Crippen molar-refractivity contribution in [3.05, 3.63) is 120 Å². The second-order valence-electron chi connectivity index (χ2n) is 8.15. The SMILES string of the molecule is COC(=O)c1ccccc1NC(=O)C(Sc1ccc(NC(=O)c2cccc(OC)c2)cc1)c1ccccc1. The molecule has 192 valence electrons. The highest BCUT2D eigenvalue weighted by atomic mass is 32.2. The number of benzene rings is 4. The molecule has 0 saturated carbocycles. The Morgan fingerprint density at radius 3 is 2.18 bits per heavy atom. The van der Waals surface area contributed by atoms with Gasteiger partial charge in [-0.25, -0.2) is 4.79 Å². The predicted octanol–water partition coefficient (Wildman–Crippen LogP) is 6.21. The molecule has 0 aromatic heterocycles. The Kier molecular flexibility index (Phi) is 8.79. The number of thioether (sulfide) groups is 1. The van der Waals surface area contributed by atoms with Crippen molar-refractivity contribution in [1.82, 2.24) is 0 Å². The summed E-state index contributed by atoms with van der Waals surface area (Å²) in [6.07, 6.45) is 0. The van der Waals surface area contributed by atoms with Gasteiger partial charge in [-0.3, -0.25) is 9.59 Å². The summed E-state index contributed by atoms with van der Waals surface area (Å²) in [5, 5.41) is 5.16. The third-order valence-electron chi connectivity index (χ3n) is 5.63. The minimum Gasteiger partial charge on any atom is -0.497 e. The van der Waals surface area contributed by atoms with E-state index in [0.29, 0.717) is 22.7 Å². The van der Waals surface area contributed by atoms with Crippen LogP contribution in [0.15, 0.2) is 108 Å². The monoisotopic (exact) mass is 526 g/mol. The molecular weight excluding hydrogens is 500 g/mol. The fourth-order valence-corrected chi connectivity index (χ4v) is 4.72. The Bertz CT molecular complexity index is 1420. The second kappa shape index (κ2) is 12.6. The number of rotatable bonds is 9. The second-order valence-corrected chi connectivity index (χ2v) is 9.32. The number of ether oxygens (including phenoxy) is 2. The molecular formula is C30H26N2O5S. The molecule has 2 N–H and O–H groups in total. The van der Waals surface area contributed by atoms with Crippen LogP contribution in [-0.2, 0) is 9.53 Å². The number of anilines is 2. The van der Waals surface area contributed by atoms with E-state index in [1.54, 1.807) is 67.8 Å². The summed E-state index contributed by atoms with van der Waals surface area (Å²) < 4.78 is 10.0. The van der Waals surface area contributed by atoms with Gasteiger partial charge in [0.25, 0.3) is 5.91 Å². The van der Waals surface area contributed by atoms with Crippen molar-refractivity contribution in [2.24, 2.45) is 0 Å². The zero-order valence-electron chi connectivity index (χ0n) is 20.8. The summed E-state index contributed by atoms with van der Waals surface area (Å²) in [5.41, 5.74) is 2.56. The van der Waals surface area contributed by atoms with E-state index in [1.165, 1.54) is 18.9 Å². The van der Waals surface area contributed by atoms with E-state index in [9.17, 15) is 14.4 Å². The van der Waals surface area contributed by atoms with Crippen molar-refractivity contribution in [2.75, 3.05) is 24.9 Å². The van der Waals surface area contributed by atoms with Crippen LogP contribution in [0.25, 0.3) is 0 Å². The lowest BCUT2D eigenvalue weighted by molar-refractivity contribution is -0.115. The lowest BCUT2D eigenvalue weighted by atomic mass is 10.1. The summed E-state index contributed by atoms with van der Waals surface area (Å²) in [6, 6.07) is 30.3. The number of nitrogens with one attached hydrogen (secondary N) is 2. The Hall–Kier alpha value is -4.56. The van der Waals surface area contributed by atoms with Crippen LogP contribution in [0.3, 0.4) is 0 Å². The van der Waals surface area contributed by atoms with Crippen LogP contribution in [-0.4, -0.2) is 32.0 Å². The van der Waals surface area contributed by atoms with Gasteiger partial charge in [0.15, 0.2) is 0 Å². The maximum absolute atomic E-state index is 13.5. The molecule has 7 nitrogen and oxygen atoms in total. The first kappa shape index (κ1) is 26.5. The van der Waals surface area contributed by atoms with Crippen molar-refractivity contribution >= 4 is 40.9 Å². The first-order chi connectivity index (χ1) is 18.5. The van der Waals surface area contributed by atoms with Crippen LogP contribution in [0.1, 0.15) is 31.5 Å².